The van der Waals surface area contributed by atoms with E-state index < -0.39 is 4.92 Å². The smallest absolute Gasteiger partial charge is 0.358 e. The van der Waals surface area contributed by atoms with Crippen molar-refractivity contribution in [2.45, 2.75) is 13.5 Å². The molecule has 5 heteroatoms. The molecule has 1 rings (SSSR count). The third-order valence-corrected chi connectivity index (χ3v) is 1.17. The third kappa shape index (κ3) is 1.12. The number of aromatic nitrogens is 2. The predicted molar refractivity (Wildman–Crippen MR) is 34.6 cm³/mol. The molecule has 5 nitrogen and oxygen atoms in total. The van der Waals surface area contributed by atoms with Crippen LogP contribution in [-0.4, -0.2) is 14.5 Å². The summed E-state index contributed by atoms with van der Waals surface area (Å²) in [5, 5.41) is 10.1. The van der Waals surface area contributed by atoms with E-state index in [-0.39, 0.29) is 5.82 Å². The van der Waals surface area contributed by atoms with Gasteiger partial charge < -0.3 is 14.7 Å². The zero-order chi connectivity index (χ0) is 7.56. The van der Waals surface area contributed by atoms with Crippen LogP contribution in [0.2, 0.25) is 0 Å². The van der Waals surface area contributed by atoms with E-state index in [1.165, 1.54) is 12.5 Å². The summed E-state index contributed by atoms with van der Waals surface area (Å²) in [5.41, 5.74) is 0. The van der Waals surface area contributed by atoms with Gasteiger partial charge in [-0.3, -0.25) is 0 Å². The normalized spacial score (nSPS) is 9.70. The molecular weight excluding hydrogens is 134 g/mol. The fraction of sp³-hybridized carbons (Fsp3) is 0.400. The van der Waals surface area contributed by atoms with Gasteiger partial charge in [-0.2, -0.15) is 0 Å². The topological polar surface area (TPSA) is 61.0 Å². The van der Waals surface area contributed by atoms with Crippen molar-refractivity contribution >= 4 is 5.82 Å². The zero-order valence-electron chi connectivity index (χ0n) is 5.52. The maximum Gasteiger partial charge on any atom is 0.381 e. The Bertz CT molecular complexity index is 243. The van der Waals surface area contributed by atoms with Gasteiger partial charge in [0.05, 0.1) is 0 Å². The second-order valence-electron chi connectivity index (χ2n) is 1.82. The Labute approximate surface area is 57.5 Å². The molecule has 10 heavy (non-hydrogen) atoms. The first-order valence-electron chi connectivity index (χ1n) is 2.90. The van der Waals surface area contributed by atoms with Crippen molar-refractivity contribution in [3.05, 3.63) is 22.6 Å². The number of hydrogen-bond acceptors (Lipinski definition) is 3. The number of rotatable bonds is 2. The van der Waals surface area contributed by atoms with E-state index in [2.05, 4.69) is 4.98 Å². The summed E-state index contributed by atoms with van der Waals surface area (Å²) in [6.45, 7) is 2.60. The van der Waals surface area contributed by atoms with Crippen LogP contribution < -0.4 is 0 Å². The van der Waals surface area contributed by atoms with E-state index in [0.29, 0.717) is 6.54 Å². The molecule has 0 saturated carbocycles. The summed E-state index contributed by atoms with van der Waals surface area (Å²) in [4.78, 5) is 13.1. The van der Waals surface area contributed by atoms with Crippen molar-refractivity contribution in [2.24, 2.45) is 0 Å². The van der Waals surface area contributed by atoms with Crippen LogP contribution in [-0.2, 0) is 6.54 Å². The molecule has 0 bridgehead atoms. The van der Waals surface area contributed by atoms with E-state index in [4.69, 9.17) is 0 Å². The first kappa shape index (κ1) is 6.73. The molecule has 0 atom stereocenters. The summed E-state index contributed by atoms with van der Waals surface area (Å²) in [7, 11) is 0. The van der Waals surface area contributed by atoms with E-state index in [9.17, 15) is 10.1 Å². The summed E-state index contributed by atoms with van der Waals surface area (Å²) in [6.07, 6.45) is 2.85. The maximum absolute atomic E-state index is 10.1. The minimum atomic E-state index is -0.508. The Morgan fingerprint density at radius 2 is 2.60 bits per heavy atom. The average Bonchev–Trinajstić information content (AvgIpc) is 2.34. The number of aryl methyl sites for hydroxylation is 1. The first-order valence-corrected chi connectivity index (χ1v) is 2.90. The summed E-state index contributed by atoms with van der Waals surface area (Å²) in [6, 6.07) is 0. The summed E-state index contributed by atoms with van der Waals surface area (Å²) in [5.74, 6) is -0.0955. The second-order valence-corrected chi connectivity index (χ2v) is 1.82. The molecule has 0 unspecified atom stereocenters. The van der Waals surface area contributed by atoms with Gasteiger partial charge in [0.15, 0.2) is 0 Å². The molecule has 0 radical (unpaired) electrons. The van der Waals surface area contributed by atoms with Gasteiger partial charge in [0.25, 0.3) is 0 Å². The van der Waals surface area contributed by atoms with E-state index in [0.717, 1.165) is 0 Å². The SMILES string of the molecule is CCn1cnc([N+](=O)[O-])c1. The Kier molecular flexibility index (Phi) is 1.66. The van der Waals surface area contributed by atoms with Crippen LogP contribution in [0.5, 0.6) is 0 Å². The van der Waals surface area contributed by atoms with Crippen molar-refractivity contribution in [3.8, 4) is 0 Å². The lowest BCUT2D eigenvalue weighted by molar-refractivity contribution is -0.389. The van der Waals surface area contributed by atoms with Crippen molar-refractivity contribution in [2.75, 3.05) is 0 Å². The van der Waals surface area contributed by atoms with E-state index in [1.54, 1.807) is 4.57 Å². The minimum Gasteiger partial charge on any atom is -0.358 e. The van der Waals surface area contributed by atoms with Crippen LogP contribution in [0.15, 0.2) is 12.5 Å². The number of hydrogen-bond donors (Lipinski definition) is 0. The fourth-order valence-electron chi connectivity index (χ4n) is 0.616. The quantitative estimate of drug-likeness (QED) is 0.452. The van der Waals surface area contributed by atoms with Gasteiger partial charge in [0.1, 0.15) is 6.20 Å². The molecule has 0 spiro atoms. The van der Waals surface area contributed by atoms with Gasteiger partial charge in [-0.05, 0) is 16.8 Å². The number of nitro groups is 1. The van der Waals surface area contributed by atoms with Gasteiger partial charge in [0, 0.05) is 6.54 Å². The van der Waals surface area contributed by atoms with Crippen molar-refractivity contribution in [1.82, 2.24) is 9.55 Å². The molecule has 54 valence electrons. The highest BCUT2D eigenvalue weighted by Gasteiger charge is 2.07. The lowest BCUT2D eigenvalue weighted by Crippen LogP contribution is -1.88. The summed E-state index contributed by atoms with van der Waals surface area (Å²) >= 11 is 0. The van der Waals surface area contributed by atoms with Gasteiger partial charge in [-0.25, -0.2) is 0 Å². The lowest BCUT2D eigenvalue weighted by Gasteiger charge is -1.87. The largest absolute Gasteiger partial charge is 0.381 e. The Hall–Kier alpha value is -1.39. The molecule has 1 heterocycles. The molecule has 0 aromatic carbocycles. The van der Waals surface area contributed by atoms with Crippen LogP contribution in [0.4, 0.5) is 5.82 Å². The van der Waals surface area contributed by atoms with Crippen molar-refractivity contribution < 1.29 is 4.92 Å². The molecule has 0 N–H and O–H groups in total. The molecule has 1 aromatic heterocycles. The van der Waals surface area contributed by atoms with Gasteiger partial charge >= 0.3 is 5.82 Å². The van der Waals surface area contributed by atoms with Crippen LogP contribution in [0.25, 0.3) is 0 Å². The van der Waals surface area contributed by atoms with Gasteiger partial charge in [0.2, 0.25) is 6.33 Å². The Morgan fingerprint density at radius 1 is 1.90 bits per heavy atom. The second kappa shape index (κ2) is 2.47. The standard InChI is InChI=1S/C5H7N3O2/c1-2-7-3-5(6-4-7)8(9)10/h3-4H,2H2,1H3. The molecule has 1 aromatic rings. The molecule has 0 aliphatic rings. The highest BCUT2D eigenvalue weighted by molar-refractivity contribution is 5.11. The third-order valence-electron chi connectivity index (χ3n) is 1.17. The van der Waals surface area contributed by atoms with Crippen molar-refractivity contribution in [1.29, 1.82) is 0 Å². The maximum atomic E-state index is 10.1. The predicted octanol–water partition coefficient (Wildman–Crippen LogP) is 0.811. The van der Waals surface area contributed by atoms with E-state index >= 15 is 0 Å². The van der Waals surface area contributed by atoms with Gasteiger partial charge in [-0.15, -0.1) is 0 Å². The Morgan fingerprint density at radius 3 is 2.90 bits per heavy atom. The molecule has 0 aliphatic carbocycles. The molecular formula is C5H7N3O2. The molecule has 0 fully saturated rings. The van der Waals surface area contributed by atoms with Crippen molar-refractivity contribution in [3.63, 3.8) is 0 Å². The monoisotopic (exact) mass is 141 g/mol. The van der Waals surface area contributed by atoms with Crippen LogP contribution in [0, 0.1) is 10.1 Å². The summed E-state index contributed by atoms with van der Waals surface area (Å²) < 4.78 is 1.65. The van der Waals surface area contributed by atoms with Gasteiger partial charge in [-0.1, -0.05) is 0 Å². The minimum absolute atomic E-state index is 0.0955. The number of nitrogens with zero attached hydrogens (tertiary/aromatic N) is 3. The lowest BCUT2D eigenvalue weighted by atomic mass is 10.7. The molecule has 0 amide bonds. The van der Waals surface area contributed by atoms with E-state index in [1.807, 2.05) is 6.92 Å². The average molecular weight is 141 g/mol. The fourth-order valence-corrected chi connectivity index (χ4v) is 0.616. The highest BCUT2D eigenvalue weighted by Crippen LogP contribution is 2.04. The van der Waals surface area contributed by atoms with Crippen LogP contribution in [0.3, 0.4) is 0 Å². The van der Waals surface area contributed by atoms with Crippen LogP contribution >= 0.6 is 0 Å². The van der Waals surface area contributed by atoms with Crippen LogP contribution in [0.1, 0.15) is 6.92 Å². The molecule has 0 saturated heterocycles. The Balaban J connectivity index is 2.88. The highest BCUT2D eigenvalue weighted by atomic mass is 16.6. The molecule has 0 aliphatic heterocycles. The first-order chi connectivity index (χ1) is 4.74. The number of imidazole rings is 1. The zero-order valence-corrected chi connectivity index (χ0v) is 5.52.